The van der Waals surface area contributed by atoms with Gasteiger partial charge in [-0.1, -0.05) is 43.7 Å². The Morgan fingerprint density at radius 3 is 2.64 bits per heavy atom. The van der Waals surface area contributed by atoms with E-state index < -0.39 is 0 Å². The molecule has 2 aromatic carbocycles. The first-order valence-electron chi connectivity index (χ1n) is 10.3. The molecule has 1 saturated heterocycles. The number of unbranched alkanes of at least 4 members (excludes halogenated alkanes) is 1. The quantitative estimate of drug-likeness (QED) is 0.648. The lowest BCUT2D eigenvalue weighted by Crippen LogP contribution is -2.21. The van der Waals surface area contributed by atoms with Gasteiger partial charge in [-0.05, 0) is 48.6 Å². The first kappa shape index (κ1) is 20.6. The summed E-state index contributed by atoms with van der Waals surface area (Å²) in [7, 11) is 1.69. The molecule has 1 aliphatic rings. The largest absolute Gasteiger partial charge is 0.496 e. The highest BCUT2D eigenvalue weighted by Crippen LogP contribution is 2.32. The van der Waals surface area contributed by atoms with Gasteiger partial charge in [0.2, 0.25) is 0 Å². The predicted molar refractivity (Wildman–Crippen MR) is 113 cm³/mol. The molecular formula is C24H31NO3. The van der Waals surface area contributed by atoms with Crippen molar-refractivity contribution >= 4 is 5.78 Å². The standard InChI is InChI=1S/C24H31NO3/c1-3-4-5-23(27)21-9-7-20(8-10-21)22-14-18(6-11-24(22)28-2)15-25-13-12-19(16-25)17-26/h6-11,14,19,26H,3-5,12-13,15-17H2,1-2H3. The van der Waals surface area contributed by atoms with E-state index in [1.807, 2.05) is 30.3 Å². The number of nitrogens with zero attached hydrogens (tertiary/aromatic N) is 1. The molecule has 0 bridgehead atoms. The van der Waals surface area contributed by atoms with Gasteiger partial charge in [0.05, 0.1) is 7.11 Å². The molecule has 3 rings (SSSR count). The zero-order valence-electron chi connectivity index (χ0n) is 17.0. The second kappa shape index (κ2) is 9.85. The van der Waals surface area contributed by atoms with Crippen molar-refractivity contribution in [1.82, 2.24) is 4.90 Å². The number of ketones is 1. The van der Waals surface area contributed by atoms with Crippen molar-refractivity contribution in [3.05, 3.63) is 53.6 Å². The minimum Gasteiger partial charge on any atom is -0.496 e. The van der Waals surface area contributed by atoms with E-state index in [-0.39, 0.29) is 12.4 Å². The van der Waals surface area contributed by atoms with Gasteiger partial charge in [-0.2, -0.15) is 0 Å². The van der Waals surface area contributed by atoms with Gasteiger partial charge in [0.25, 0.3) is 0 Å². The molecule has 0 spiro atoms. The molecule has 150 valence electrons. The van der Waals surface area contributed by atoms with Crippen LogP contribution in [-0.4, -0.2) is 42.6 Å². The Morgan fingerprint density at radius 1 is 1.21 bits per heavy atom. The summed E-state index contributed by atoms with van der Waals surface area (Å²) in [6.45, 7) is 5.23. The number of methoxy groups -OCH3 is 1. The molecule has 1 heterocycles. The maximum atomic E-state index is 12.2. The van der Waals surface area contributed by atoms with E-state index >= 15 is 0 Å². The number of aliphatic hydroxyl groups excluding tert-OH is 1. The Balaban J connectivity index is 1.77. The third-order valence-electron chi connectivity index (χ3n) is 5.57. The van der Waals surface area contributed by atoms with E-state index in [1.165, 1.54) is 5.56 Å². The Kier molecular flexibility index (Phi) is 7.24. The number of carbonyl (C=O) groups excluding carboxylic acids is 1. The molecule has 0 amide bonds. The lowest BCUT2D eigenvalue weighted by atomic mass is 9.98. The Labute approximate surface area is 168 Å². The molecule has 1 fully saturated rings. The predicted octanol–water partition coefficient (Wildman–Crippen LogP) is 4.55. The highest BCUT2D eigenvalue weighted by atomic mass is 16.5. The van der Waals surface area contributed by atoms with Crippen molar-refractivity contribution in [1.29, 1.82) is 0 Å². The summed E-state index contributed by atoms with van der Waals surface area (Å²) in [5, 5.41) is 9.35. The van der Waals surface area contributed by atoms with Gasteiger partial charge >= 0.3 is 0 Å². The van der Waals surface area contributed by atoms with Gasteiger partial charge in [0.15, 0.2) is 5.78 Å². The lowest BCUT2D eigenvalue weighted by Gasteiger charge is -2.17. The minimum atomic E-state index is 0.210. The average Bonchev–Trinajstić information content (AvgIpc) is 3.19. The number of rotatable bonds is 9. The summed E-state index contributed by atoms with van der Waals surface area (Å²) in [5.74, 6) is 1.44. The number of likely N-dealkylation sites (tertiary alicyclic amines) is 1. The number of hydrogen-bond donors (Lipinski definition) is 1. The van der Waals surface area contributed by atoms with Crippen LogP contribution >= 0.6 is 0 Å². The number of Topliss-reactive ketones (excluding diaryl/α,β-unsaturated/α-hetero) is 1. The SMILES string of the molecule is CCCCC(=O)c1ccc(-c2cc(CN3CCC(CO)C3)ccc2OC)cc1. The number of ether oxygens (including phenoxy) is 1. The smallest absolute Gasteiger partial charge is 0.162 e. The molecular weight excluding hydrogens is 350 g/mol. The third-order valence-corrected chi connectivity index (χ3v) is 5.57. The number of benzene rings is 2. The normalized spacial score (nSPS) is 17.0. The maximum Gasteiger partial charge on any atom is 0.162 e. The zero-order chi connectivity index (χ0) is 19.9. The second-order valence-corrected chi connectivity index (χ2v) is 7.71. The van der Waals surface area contributed by atoms with Crippen LogP contribution in [0, 0.1) is 5.92 Å². The average molecular weight is 382 g/mol. The number of aliphatic hydroxyl groups is 1. The summed E-state index contributed by atoms with van der Waals surface area (Å²) in [6.07, 6.45) is 3.64. The lowest BCUT2D eigenvalue weighted by molar-refractivity contribution is 0.0980. The van der Waals surface area contributed by atoms with Crippen LogP contribution < -0.4 is 4.74 Å². The van der Waals surface area contributed by atoms with Crippen molar-refractivity contribution in [2.24, 2.45) is 5.92 Å². The van der Waals surface area contributed by atoms with Crippen LogP contribution in [0.4, 0.5) is 0 Å². The van der Waals surface area contributed by atoms with E-state index in [1.54, 1.807) is 7.11 Å². The second-order valence-electron chi connectivity index (χ2n) is 7.71. The Bertz CT molecular complexity index is 785. The molecule has 2 aromatic rings. The third kappa shape index (κ3) is 5.00. The van der Waals surface area contributed by atoms with Crippen LogP contribution in [0.5, 0.6) is 5.75 Å². The summed E-state index contributed by atoms with van der Waals surface area (Å²) in [6, 6.07) is 14.2. The topological polar surface area (TPSA) is 49.8 Å². The van der Waals surface area contributed by atoms with Gasteiger partial charge in [-0.25, -0.2) is 0 Å². The van der Waals surface area contributed by atoms with Crippen molar-refractivity contribution in [2.75, 3.05) is 26.8 Å². The van der Waals surface area contributed by atoms with Crippen molar-refractivity contribution in [2.45, 2.75) is 39.2 Å². The van der Waals surface area contributed by atoms with Crippen molar-refractivity contribution < 1.29 is 14.6 Å². The molecule has 0 radical (unpaired) electrons. The molecule has 1 aliphatic heterocycles. The van der Waals surface area contributed by atoms with Gasteiger partial charge in [0.1, 0.15) is 5.75 Å². The molecule has 4 heteroatoms. The molecule has 28 heavy (non-hydrogen) atoms. The summed E-state index contributed by atoms with van der Waals surface area (Å²) in [5.41, 5.74) is 4.11. The molecule has 1 N–H and O–H groups in total. The monoisotopic (exact) mass is 381 g/mol. The van der Waals surface area contributed by atoms with Crippen LogP contribution in [0.2, 0.25) is 0 Å². The van der Waals surface area contributed by atoms with Crippen LogP contribution in [0.3, 0.4) is 0 Å². The van der Waals surface area contributed by atoms with E-state index in [0.717, 1.165) is 61.3 Å². The highest BCUT2D eigenvalue weighted by Gasteiger charge is 2.22. The molecule has 4 nitrogen and oxygen atoms in total. The molecule has 0 aliphatic carbocycles. The van der Waals surface area contributed by atoms with Crippen LogP contribution in [0.25, 0.3) is 11.1 Å². The Hall–Kier alpha value is -2.17. The first-order valence-corrected chi connectivity index (χ1v) is 10.3. The van der Waals surface area contributed by atoms with Gasteiger partial charge in [-0.3, -0.25) is 9.69 Å². The van der Waals surface area contributed by atoms with Gasteiger partial charge in [-0.15, -0.1) is 0 Å². The van der Waals surface area contributed by atoms with Crippen molar-refractivity contribution in [3.8, 4) is 16.9 Å². The zero-order valence-corrected chi connectivity index (χ0v) is 17.0. The summed E-state index contributed by atoms with van der Waals surface area (Å²) < 4.78 is 5.58. The first-order chi connectivity index (χ1) is 13.6. The van der Waals surface area contributed by atoms with Crippen LogP contribution in [0.15, 0.2) is 42.5 Å². The fraction of sp³-hybridized carbons (Fsp3) is 0.458. The molecule has 0 saturated carbocycles. The van der Waals surface area contributed by atoms with E-state index in [2.05, 4.69) is 24.0 Å². The molecule has 0 aromatic heterocycles. The van der Waals surface area contributed by atoms with E-state index in [0.29, 0.717) is 12.3 Å². The molecule has 1 atom stereocenters. The number of hydrogen-bond acceptors (Lipinski definition) is 4. The van der Waals surface area contributed by atoms with Crippen LogP contribution in [-0.2, 0) is 6.54 Å². The van der Waals surface area contributed by atoms with Crippen LogP contribution in [0.1, 0.15) is 48.5 Å². The van der Waals surface area contributed by atoms with Crippen molar-refractivity contribution in [3.63, 3.8) is 0 Å². The highest BCUT2D eigenvalue weighted by molar-refractivity contribution is 5.96. The van der Waals surface area contributed by atoms with Gasteiger partial charge in [0, 0.05) is 37.2 Å². The fourth-order valence-electron chi connectivity index (χ4n) is 3.86. The summed E-state index contributed by atoms with van der Waals surface area (Å²) >= 11 is 0. The minimum absolute atomic E-state index is 0.210. The maximum absolute atomic E-state index is 12.2. The summed E-state index contributed by atoms with van der Waals surface area (Å²) in [4.78, 5) is 14.6. The van der Waals surface area contributed by atoms with E-state index in [4.69, 9.17) is 4.74 Å². The molecule has 1 unspecified atom stereocenters. The fourth-order valence-corrected chi connectivity index (χ4v) is 3.86. The van der Waals surface area contributed by atoms with Gasteiger partial charge < -0.3 is 9.84 Å². The van der Waals surface area contributed by atoms with E-state index in [9.17, 15) is 9.90 Å². The number of carbonyl (C=O) groups is 1. The Morgan fingerprint density at radius 2 is 2.00 bits per heavy atom.